The molecule has 2 unspecified atom stereocenters. The number of anilines is 3. The Labute approximate surface area is 252 Å². The van der Waals surface area contributed by atoms with Gasteiger partial charge in [0.1, 0.15) is 28.9 Å². The smallest absolute Gasteiger partial charge is 0.414 e. The van der Waals surface area contributed by atoms with Crippen LogP contribution in [0.3, 0.4) is 0 Å². The van der Waals surface area contributed by atoms with Crippen LogP contribution in [0.4, 0.5) is 22.0 Å². The Morgan fingerprint density at radius 2 is 1.93 bits per heavy atom. The lowest BCUT2D eigenvalue weighted by molar-refractivity contribution is 0.00219. The lowest BCUT2D eigenvalue weighted by atomic mass is 9.89. The van der Waals surface area contributed by atoms with Gasteiger partial charge in [-0.2, -0.15) is 0 Å². The number of pyridine rings is 3. The molecule has 2 aliphatic rings. The summed E-state index contributed by atoms with van der Waals surface area (Å²) in [6, 6.07) is 8.10. The summed E-state index contributed by atoms with van der Waals surface area (Å²) >= 11 is 0. The molecule has 2 N–H and O–H groups in total. The third-order valence-electron chi connectivity index (χ3n) is 7.69. The second-order valence-electron chi connectivity index (χ2n) is 12.0. The van der Waals surface area contributed by atoms with Crippen molar-refractivity contribution in [1.29, 1.82) is 0 Å². The Kier molecular flexibility index (Phi) is 7.51. The first kappa shape index (κ1) is 29.5. The SMILES string of the molecule is CO[C@@H]1CC[C@H]1NC1OC1c1onc2c(N(C)C(=O)OC(C)(C)C)cc(Nc3cccn(-c4ccn(C)c(=O)c4)c3=O)nc12. The highest BCUT2D eigenvalue weighted by molar-refractivity contribution is 6.00. The molecular formula is C30H35N7O7. The quantitative estimate of drug-likeness (QED) is 0.284. The monoisotopic (exact) mass is 605 g/mol. The first-order valence-electron chi connectivity index (χ1n) is 14.3. The molecule has 0 radical (unpaired) electrons. The van der Waals surface area contributed by atoms with Gasteiger partial charge in [0.15, 0.2) is 17.4 Å². The van der Waals surface area contributed by atoms with Gasteiger partial charge in [-0.25, -0.2) is 9.78 Å². The molecule has 14 nitrogen and oxygen atoms in total. The number of hydrogen-bond acceptors (Lipinski definition) is 11. The molecular weight excluding hydrogens is 570 g/mol. The molecule has 4 aromatic rings. The fourth-order valence-corrected chi connectivity index (χ4v) is 5.07. The van der Waals surface area contributed by atoms with Gasteiger partial charge in [0, 0.05) is 51.8 Å². The fraction of sp³-hybridized carbons (Fsp3) is 0.433. The zero-order chi connectivity index (χ0) is 31.3. The van der Waals surface area contributed by atoms with Crippen molar-refractivity contribution in [3.05, 3.63) is 69.2 Å². The largest absolute Gasteiger partial charge is 0.443 e. The maximum absolute atomic E-state index is 13.5. The maximum Gasteiger partial charge on any atom is 0.414 e. The van der Waals surface area contributed by atoms with Crippen molar-refractivity contribution in [2.24, 2.45) is 7.05 Å². The van der Waals surface area contributed by atoms with E-state index < -0.39 is 23.4 Å². The molecule has 4 aromatic heterocycles. The van der Waals surface area contributed by atoms with E-state index in [-0.39, 0.29) is 35.4 Å². The van der Waals surface area contributed by atoms with E-state index in [0.29, 0.717) is 28.2 Å². The number of nitrogens with one attached hydrogen (secondary N) is 2. The number of amides is 1. The Morgan fingerprint density at radius 3 is 2.61 bits per heavy atom. The molecule has 232 valence electrons. The number of carbonyl (C=O) groups excluding carboxylic acids is 1. The van der Waals surface area contributed by atoms with Crippen LogP contribution in [0.15, 0.2) is 56.8 Å². The second-order valence-corrected chi connectivity index (χ2v) is 12.0. The van der Waals surface area contributed by atoms with Crippen LogP contribution >= 0.6 is 0 Å². The number of hydrogen-bond donors (Lipinski definition) is 2. The van der Waals surface area contributed by atoms with Crippen LogP contribution in [0, 0.1) is 0 Å². The molecule has 1 aliphatic carbocycles. The van der Waals surface area contributed by atoms with Gasteiger partial charge >= 0.3 is 6.09 Å². The molecule has 1 aliphatic heterocycles. The van der Waals surface area contributed by atoms with Crippen molar-refractivity contribution >= 4 is 34.3 Å². The van der Waals surface area contributed by atoms with Crippen molar-refractivity contribution in [3.8, 4) is 5.69 Å². The first-order chi connectivity index (χ1) is 20.9. The van der Waals surface area contributed by atoms with Gasteiger partial charge in [-0.1, -0.05) is 5.16 Å². The second kappa shape index (κ2) is 11.2. The molecule has 5 heterocycles. The average Bonchev–Trinajstić information content (AvgIpc) is 3.60. The zero-order valence-electron chi connectivity index (χ0n) is 25.4. The van der Waals surface area contributed by atoms with E-state index in [4.69, 9.17) is 23.7 Å². The predicted molar refractivity (Wildman–Crippen MR) is 162 cm³/mol. The molecule has 0 bridgehead atoms. The molecule has 0 spiro atoms. The number of nitrogens with zero attached hydrogens (tertiary/aromatic N) is 5. The van der Waals surface area contributed by atoms with Crippen LogP contribution in [-0.4, -0.2) is 63.5 Å². The number of rotatable bonds is 8. The Balaban J connectivity index is 1.36. The van der Waals surface area contributed by atoms with Crippen LogP contribution in [0.2, 0.25) is 0 Å². The molecule has 6 rings (SSSR count). The van der Waals surface area contributed by atoms with Gasteiger partial charge in [0.2, 0.25) is 0 Å². The standard InChI is InChI=1S/C30H35N7O7/c1-30(2,3)43-29(40)36(5)19-15-21(31-18-8-7-12-37(28(18)39)16-11-13-35(4)22(38)14-16)33-24-23(19)34-44-25(24)26-27(42-26)32-17-9-10-20(17)41-6/h7-8,11-15,17,20,26-27,32H,9-10H2,1-6H3,(H,31,33)/t17-,20-,26?,27?/m1/s1. The number of aryl methyl sites for hydroxylation is 1. The Bertz CT molecular complexity index is 1840. The molecule has 1 saturated carbocycles. The summed E-state index contributed by atoms with van der Waals surface area (Å²) in [5, 5.41) is 10.8. The summed E-state index contributed by atoms with van der Waals surface area (Å²) in [5.41, 5.74) is 0.284. The van der Waals surface area contributed by atoms with E-state index in [0.717, 1.165) is 12.8 Å². The number of fused-ring (bicyclic) bond motifs is 1. The zero-order valence-corrected chi connectivity index (χ0v) is 25.4. The van der Waals surface area contributed by atoms with Gasteiger partial charge < -0.3 is 28.6 Å². The summed E-state index contributed by atoms with van der Waals surface area (Å²) in [5.74, 6) is 0.647. The van der Waals surface area contributed by atoms with Gasteiger partial charge in [-0.15, -0.1) is 0 Å². The summed E-state index contributed by atoms with van der Waals surface area (Å²) in [7, 11) is 4.89. The first-order valence-corrected chi connectivity index (χ1v) is 14.3. The Morgan fingerprint density at radius 1 is 1.14 bits per heavy atom. The van der Waals surface area contributed by atoms with Gasteiger partial charge in [0.25, 0.3) is 11.1 Å². The van der Waals surface area contributed by atoms with E-state index in [2.05, 4.69) is 15.8 Å². The van der Waals surface area contributed by atoms with Crippen LogP contribution in [0.5, 0.6) is 0 Å². The van der Waals surface area contributed by atoms with E-state index in [1.165, 1.54) is 20.1 Å². The molecule has 2 fully saturated rings. The van der Waals surface area contributed by atoms with Crippen LogP contribution in [0.1, 0.15) is 45.5 Å². The average molecular weight is 606 g/mol. The Hall–Kier alpha value is -4.53. The number of epoxide rings is 1. The normalized spacial score (nSPS) is 21.1. The third-order valence-corrected chi connectivity index (χ3v) is 7.69. The highest BCUT2D eigenvalue weighted by atomic mass is 16.6. The summed E-state index contributed by atoms with van der Waals surface area (Å²) in [4.78, 5) is 44.8. The van der Waals surface area contributed by atoms with E-state index >= 15 is 0 Å². The predicted octanol–water partition coefficient (Wildman–Crippen LogP) is 3.35. The number of methoxy groups -OCH3 is 1. The van der Waals surface area contributed by atoms with Gasteiger partial charge in [-0.3, -0.25) is 24.4 Å². The lowest BCUT2D eigenvalue weighted by Crippen LogP contribution is -2.50. The van der Waals surface area contributed by atoms with Crippen molar-refractivity contribution in [2.45, 2.75) is 63.7 Å². The number of ether oxygens (including phenoxy) is 3. The van der Waals surface area contributed by atoms with Crippen molar-refractivity contribution in [3.63, 3.8) is 0 Å². The van der Waals surface area contributed by atoms with Crippen LogP contribution < -0.4 is 26.7 Å². The summed E-state index contributed by atoms with van der Waals surface area (Å²) < 4.78 is 25.5. The molecule has 0 aromatic carbocycles. The van der Waals surface area contributed by atoms with E-state index in [1.54, 1.807) is 78.6 Å². The number of carbonyl (C=O) groups is 1. The lowest BCUT2D eigenvalue weighted by Gasteiger charge is -2.35. The summed E-state index contributed by atoms with van der Waals surface area (Å²) in [6.07, 6.45) is 3.89. The van der Waals surface area contributed by atoms with Crippen LogP contribution in [-0.2, 0) is 21.3 Å². The summed E-state index contributed by atoms with van der Waals surface area (Å²) in [6.45, 7) is 5.33. The highest BCUT2D eigenvalue weighted by Crippen LogP contribution is 2.43. The van der Waals surface area contributed by atoms with Crippen LogP contribution in [0.25, 0.3) is 16.7 Å². The molecule has 44 heavy (non-hydrogen) atoms. The minimum Gasteiger partial charge on any atom is -0.443 e. The van der Waals surface area contributed by atoms with Gasteiger partial charge in [-0.05, 0) is 51.8 Å². The van der Waals surface area contributed by atoms with Gasteiger partial charge in [0.05, 0.1) is 17.5 Å². The minimum atomic E-state index is -0.733. The van der Waals surface area contributed by atoms with E-state index in [1.807, 2.05) is 0 Å². The minimum absolute atomic E-state index is 0.128. The highest BCUT2D eigenvalue weighted by Gasteiger charge is 2.48. The maximum atomic E-state index is 13.5. The van der Waals surface area contributed by atoms with E-state index in [9.17, 15) is 14.4 Å². The number of aromatic nitrogens is 4. The van der Waals surface area contributed by atoms with Crippen molar-refractivity contribution in [2.75, 3.05) is 24.4 Å². The molecule has 14 heteroatoms. The molecule has 1 amide bonds. The third kappa shape index (κ3) is 5.70. The van der Waals surface area contributed by atoms with Crippen molar-refractivity contribution < 1.29 is 23.5 Å². The van der Waals surface area contributed by atoms with Crippen molar-refractivity contribution in [1.82, 2.24) is 24.6 Å². The molecule has 4 atom stereocenters. The topological polar surface area (TPSA) is 158 Å². The molecule has 1 saturated heterocycles. The fourth-order valence-electron chi connectivity index (χ4n) is 5.07.